The van der Waals surface area contributed by atoms with E-state index < -0.39 is 10.0 Å². The summed E-state index contributed by atoms with van der Waals surface area (Å²) in [6.07, 6.45) is 0. The number of benzene rings is 2. The van der Waals surface area contributed by atoms with Gasteiger partial charge in [0.25, 0.3) is 5.91 Å². The molecule has 1 saturated heterocycles. The molecule has 1 N–H and O–H groups in total. The third-order valence-electron chi connectivity index (χ3n) is 6.33. The molecular formula is C25H34ClN3O4S. The number of rotatable bonds is 7. The number of ether oxygens (including phenoxy) is 1. The normalized spacial score (nSPS) is 16.5. The molecule has 0 bridgehead atoms. The topological polar surface area (TPSA) is 78.9 Å². The Morgan fingerprint density at radius 1 is 1.06 bits per heavy atom. The number of piperazine rings is 1. The van der Waals surface area contributed by atoms with E-state index in [4.69, 9.17) is 16.3 Å². The molecule has 186 valence electrons. The van der Waals surface area contributed by atoms with Crippen molar-refractivity contribution in [2.75, 3.05) is 40.3 Å². The SMILES string of the molecule is COc1cc(C)c([C@@H](C)NC(=O)c2ccc(Cl)c(S(=O)(=O)N3CCN(C)CC3)c2)cc1C(C)C. The average Bonchev–Trinajstić information content (AvgIpc) is 2.78. The molecule has 9 heteroatoms. The van der Waals surface area contributed by atoms with Crippen LogP contribution in [0.4, 0.5) is 0 Å². The van der Waals surface area contributed by atoms with Crippen molar-refractivity contribution in [3.8, 4) is 5.75 Å². The van der Waals surface area contributed by atoms with E-state index in [0.29, 0.717) is 26.2 Å². The van der Waals surface area contributed by atoms with Gasteiger partial charge in [-0.3, -0.25) is 4.79 Å². The number of carbonyl (C=O) groups excluding carboxylic acids is 1. The second-order valence-electron chi connectivity index (χ2n) is 9.15. The fraction of sp³-hybridized carbons (Fsp3) is 0.480. The minimum absolute atomic E-state index is 0.0401. The van der Waals surface area contributed by atoms with Crippen molar-refractivity contribution in [1.29, 1.82) is 0 Å². The lowest BCUT2D eigenvalue weighted by Gasteiger charge is -2.31. The second-order valence-corrected chi connectivity index (χ2v) is 11.5. The van der Waals surface area contributed by atoms with Crippen LogP contribution in [0.25, 0.3) is 0 Å². The number of halogens is 1. The van der Waals surface area contributed by atoms with Gasteiger partial charge < -0.3 is 15.0 Å². The third-order valence-corrected chi connectivity index (χ3v) is 8.71. The first-order valence-electron chi connectivity index (χ1n) is 11.4. The number of hydrogen-bond acceptors (Lipinski definition) is 5. The number of amides is 1. The van der Waals surface area contributed by atoms with Crippen LogP contribution in [0.2, 0.25) is 5.02 Å². The minimum atomic E-state index is -3.80. The van der Waals surface area contributed by atoms with Crippen molar-refractivity contribution in [3.05, 3.63) is 57.6 Å². The largest absolute Gasteiger partial charge is 0.496 e. The lowest BCUT2D eigenvalue weighted by atomic mass is 9.93. The highest BCUT2D eigenvalue weighted by Gasteiger charge is 2.30. The Kier molecular flexibility index (Phi) is 8.29. The molecule has 0 saturated carbocycles. The molecule has 1 amide bonds. The zero-order valence-electron chi connectivity index (χ0n) is 20.7. The molecule has 3 rings (SSSR count). The number of nitrogens with one attached hydrogen (secondary N) is 1. The van der Waals surface area contributed by atoms with Gasteiger partial charge in [0.2, 0.25) is 10.0 Å². The van der Waals surface area contributed by atoms with Crippen LogP contribution < -0.4 is 10.1 Å². The molecule has 1 aliphatic rings. The van der Waals surface area contributed by atoms with Crippen LogP contribution in [0.3, 0.4) is 0 Å². The van der Waals surface area contributed by atoms with E-state index >= 15 is 0 Å². The number of methoxy groups -OCH3 is 1. The molecule has 2 aromatic rings. The standard InChI is InChI=1S/C25H34ClN3O4S/c1-16(2)20-15-21(17(3)13-23(20)33-6)18(4)27-25(30)19-7-8-22(26)24(14-19)34(31,32)29-11-9-28(5)10-12-29/h7-8,13-16,18H,9-12H2,1-6H3,(H,27,30)/t18-/m1/s1. The lowest BCUT2D eigenvalue weighted by molar-refractivity contribution is 0.0939. The first-order valence-corrected chi connectivity index (χ1v) is 13.2. The fourth-order valence-corrected chi connectivity index (χ4v) is 6.10. The van der Waals surface area contributed by atoms with E-state index in [0.717, 1.165) is 22.4 Å². The molecule has 7 nitrogen and oxygen atoms in total. The van der Waals surface area contributed by atoms with Crippen LogP contribution in [0.15, 0.2) is 35.2 Å². The fourth-order valence-electron chi connectivity index (χ4n) is 4.18. The van der Waals surface area contributed by atoms with Crippen molar-refractivity contribution in [2.24, 2.45) is 0 Å². The van der Waals surface area contributed by atoms with Crippen LogP contribution >= 0.6 is 11.6 Å². The van der Waals surface area contributed by atoms with E-state index in [1.54, 1.807) is 13.2 Å². The van der Waals surface area contributed by atoms with Gasteiger partial charge in [0.15, 0.2) is 0 Å². The van der Waals surface area contributed by atoms with Crippen LogP contribution in [-0.2, 0) is 10.0 Å². The Morgan fingerprint density at radius 3 is 2.29 bits per heavy atom. The number of likely N-dealkylation sites (N-methyl/N-ethyl adjacent to an activating group) is 1. The molecule has 0 radical (unpaired) electrons. The van der Waals surface area contributed by atoms with Gasteiger partial charge >= 0.3 is 0 Å². The van der Waals surface area contributed by atoms with Crippen molar-refractivity contribution >= 4 is 27.5 Å². The van der Waals surface area contributed by atoms with Crippen molar-refractivity contribution < 1.29 is 17.9 Å². The summed E-state index contributed by atoms with van der Waals surface area (Å²) in [7, 11) is -0.193. The van der Waals surface area contributed by atoms with E-state index in [-0.39, 0.29) is 33.3 Å². The highest BCUT2D eigenvalue weighted by Crippen LogP contribution is 2.32. The van der Waals surface area contributed by atoms with Gasteiger partial charge in [-0.25, -0.2) is 8.42 Å². The van der Waals surface area contributed by atoms with E-state index in [9.17, 15) is 13.2 Å². The van der Waals surface area contributed by atoms with Crippen molar-refractivity contribution in [2.45, 2.75) is 44.6 Å². The van der Waals surface area contributed by atoms with Gasteiger partial charge in [-0.2, -0.15) is 4.31 Å². The summed E-state index contributed by atoms with van der Waals surface area (Å²) >= 11 is 6.27. The number of hydrogen-bond donors (Lipinski definition) is 1. The summed E-state index contributed by atoms with van der Waals surface area (Å²) in [5.74, 6) is 0.724. The number of nitrogens with zero attached hydrogens (tertiary/aromatic N) is 2. The monoisotopic (exact) mass is 507 g/mol. The summed E-state index contributed by atoms with van der Waals surface area (Å²) in [5.41, 5.74) is 3.30. The number of aryl methyl sites for hydroxylation is 1. The number of carbonyl (C=O) groups is 1. The zero-order chi connectivity index (χ0) is 25.2. The van der Waals surface area contributed by atoms with Gasteiger partial charge in [0.05, 0.1) is 18.2 Å². The Morgan fingerprint density at radius 2 is 1.71 bits per heavy atom. The molecule has 34 heavy (non-hydrogen) atoms. The van der Waals surface area contributed by atoms with Crippen LogP contribution in [0, 0.1) is 6.92 Å². The first kappa shape index (κ1) is 26.5. The maximum absolute atomic E-state index is 13.2. The molecule has 1 atom stereocenters. The Balaban J connectivity index is 1.85. The molecule has 1 aliphatic heterocycles. The predicted octanol–water partition coefficient (Wildman–Crippen LogP) is 4.21. The van der Waals surface area contributed by atoms with Crippen LogP contribution in [0.5, 0.6) is 5.75 Å². The highest BCUT2D eigenvalue weighted by atomic mass is 35.5. The Labute approximate surface area is 208 Å². The van der Waals surface area contributed by atoms with E-state index in [2.05, 4.69) is 30.1 Å². The average molecular weight is 508 g/mol. The quantitative estimate of drug-likeness (QED) is 0.607. The van der Waals surface area contributed by atoms with Gasteiger partial charge in [-0.1, -0.05) is 25.4 Å². The van der Waals surface area contributed by atoms with E-state index in [1.165, 1.54) is 16.4 Å². The lowest BCUT2D eigenvalue weighted by Crippen LogP contribution is -2.47. The Hall–Kier alpha value is -2.13. The van der Waals surface area contributed by atoms with Gasteiger partial charge in [0.1, 0.15) is 10.6 Å². The van der Waals surface area contributed by atoms with Gasteiger partial charge in [0, 0.05) is 31.7 Å². The molecule has 0 aromatic heterocycles. The Bertz CT molecular complexity index is 1160. The number of sulfonamides is 1. The van der Waals surface area contributed by atoms with Crippen molar-refractivity contribution in [1.82, 2.24) is 14.5 Å². The minimum Gasteiger partial charge on any atom is -0.496 e. The maximum atomic E-state index is 13.2. The molecule has 2 aromatic carbocycles. The highest BCUT2D eigenvalue weighted by molar-refractivity contribution is 7.89. The molecule has 1 heterocycles. The summed E-state index contributed by atoms with van der Waals surface area (Å²) < 4.78 is 33.4. The second kappa shape index (κ2) is 10.6. The van der Waals surface area contributed by atoms with Crippen molar-refractivity contribution in [3.63, 3.8) is 0 Å². The predicted molar refractivity (Wildman–Crippen MR) is 135 cm³/mol. The molecular weight excluding hydrogens is 474 g/mol. The smallest absolute Gasteiger partial charge is 0.251 e. The van der Waals surface area contributed by atoms with Gasteiger partial charge in [-0.15, -0.1) is 0 Å². The summed E-state index contributed by atoms with van der Waals surface area (Å²) in [5, 5.41) is 3.11. The van der Waals surface area contributed by atoms with Crippen LogP contribution in [-0.4, -0.2) is 63.9 Å². The van der Waals surface area contributed by atoms with Gasteiger partial charge in [-0.05, 0) is 73.8 Å². The third kappa shape index (κ3) is 5.57. The molecule has 1 fully saturated rings. The zero-order valence-corrected chi connectivity index (χ0v) is 22.3. The summed E-state index contributed by atoms with van der Waals surface area (Å²) in [4.78, 5) is 15.1. The van der Waals surface area contributed by atoms with Crippen LogP contribution in [0.1, 0.15) is 59.8 Å². The summed E-state index contributed by atoms with van der Waals surface area (Å²) in [6.45, 7) is 10.1. The molecule has 0 spiro atoms. The van der Waals surface area contributed by atoms with E-state index in [1.807, 2.05) is 27.0 Å². The summed E-state index contributed by atoms with van der Waals surface area (Å²) in [6, 6.07) is 8.15. The first-order chi connectivity index (χ1) is 15.9. The molecule has 0 aliphatic carbocycles. The molecule has 0 unspecified atom stereocenters. The maximum Gasteiger partial charge on any atom is 0.251 e.